The number of nitrogens with zero attached hydrogens (tertiary/aromatic N) is 3. The van der Waals surface area contributed by atoms with E-state index in [9.17, 15) is 27.2 Å². The highest BCUT2D eigenvalue weighted by atomic mass is 19.4. The molecule has 1 fully saturated rings. The lowest BCUT2D eigenvalue weighted by atomic mass is 10.2. The first-order valence-electron chi connectivity index (χ1n) is 9.85. The fourth-order valence-corrected chi connectivity index (χ4v) is 3.47. The highest BCUT2D eigenvalue weighted by molar-refractivity contribution is 5.94. The van der Waals surface area contributed by atoms with Crippen LogP contribution < -0.4 is 0 Å². The Morgan fingerprint density at radius 3 is 2.55 bits per heavy atom. The SMILES string of the molecule is O=C(CN1CCCN(C(=O)c2cccc(F)c2)CC1)N(Cc1ccco1)CC(F)(F)F. The highest BCUT2D eigenvalue weighted by Gasteiger charge is 2.34. The van der Waals surface area contributed by atoms with Crippen molar-refractivity contribution in [1.82, 2.24) is 14.7 Å². The molecule has 0 radical (unpaired) electrons. The molecule has 1 aromatic heterocycles. The number of hydrogen-bond donors (Lipinski definition) is 0. The Hall–Kier alpha value is -2.88. The molecule has 0 saturated carbocycles. The Balaban J connectivity index is 1.59. The van der Waals surface area contributed by atoms with E-state index >= 15 is 0 Å². The Labute approximate surface area is 177 Å². The van der Waals surface area contributed by atoms with Gasteiger partial charge in [-0.05, 0) is 36.8 Å². The van der Waals surface area contributed by atoms with Gasteiger partial charge < -0.3 is 14.2 Å². The van der Waals surface area contributed by atoms with Gasteiger partial charge in [0.1, 0.15) is 18.1 Å². The van der Waals surface area contributed by atoms with Gasteiger partial charge in [0.15, 0.2) is 0 Å². The minimum Gasteiger partial charge on any atom is -0.467 e. The third kappa shape index (κ3) is 6.81. The van der Waals surface area contributed by atoms with E-state index in [4.69, 9.17) is 4.42 Å². The predicted molar refractivity (Wildman–Crippen MR) is 104 cm³/mol. The van der Waals surface area contributed by atoms with Gasteiger partial charge in [-0.3, -0.25) is 14.5 Å². The van der Waals surface area contributed by atoms with Crippen LogP contribution in [0.25, 0.3) is 0 Å². The van der Waals surface area contributed by atoms with Gasteiger partial charge in [-0.1, -0.05) is 6.07 Å². The Kier molecular flexibility index (Phi) is 7.32. The molecule has 0 aliphatic carbocycles. The summed E-state index contributed by atoms with van der Waals surface area (Å²) in [6.45, 7) is -0.349. The van der Waals surface area contributed by atoms with Crippen molar-refractivity contribution in [2.24, 2.45) is 0 Å². The third-order valence-electron chi connectivity index (χ3n) is 4.96. The van der Waals surface area contributed by atoms with E-state index in [1.165, 1.54) is 30.5 Å². The second-order valence-corrected chi connectivity index (χ2v) is 7.38. The van der Waals surface area contributed by atoms with E-state index in [2.05, 4.69) is 0 Å². The highest BCUT2D eigenvalue weighted by Crippen LogP contribution is 2.19. The first-order chi connectivity index (χ1) is 14.7. The molecule has 0 N–H and O–H groups in total. The van der Waals surface area contributed by atoms with Crippen molar-refractivity contribution in [3.63, 3.8) is 0 Å². The summed E-state index contributed by atoms with van der Waals surface area (Å²) in [5.41, 5.74) is 0.235. The summed E-state index contributed by atoms with van der Waals surface area (Å²) in [5.74, 6) is -1.22. The molecule has 0 bridgehead atoms. The van der Waals surface area contributed by atoms with E-state index in [-0.39, 0.29) is 30.3 Å². The van der Waals surface area contributed by atoms with Crippen molar-refractivity contribution in [2.75, 3.05) is 39.3 Å². The second kappa shape index (κ2) is 9.95. The van der Waals surface area contributed by atoms with Crippen LogP contribution in [0.4, 0.5) is 17.6 Å². The normalized spacial score (nSPS) is 15.5. The smallest absolute Gasteiger partial charge is 0.406 e. The molecule has 2 aromatic rings. The molecular weight excluding hydrogens is 418 g/mol. The minimum absolute atomic E-state index is 0.196. The summed E-state index contributed by atoms with van der Waals surface area (Å²) in [7, 11) is 0. The molecule has 2 heterocycles. The van der Waals surface area contributed by atoms with Crippen molar-refractivity contribution >= 4 is 11.8 Å². The van der Waals surface area contributed by atoms with E-state index in [0.29, 0.717) is 32.6 Å². The van der Waals surface area contributed by atoms with Crippen LogP contribution >= 0.6 is 0 Å². The number of carbonyl (C=O) groups is 2. The fraction of sp³-hybridized carbons (Fsp3) is 0.429. The number of rotatable bonds is 6. The van der Waals surface area contributed by atoms with Crippen molar-refractivity contribution in [1.29, 1.82) is 0 Å². The molecule has 6 nitrogen and oxygen atoms in total. The van der Waals surface area contributed by atoms with Crippen molar-refractivity contribution in [3.05, 3.63) is 59.8 Å². The molecule has 1 aliphatic heterocycles. The average molecular weight is 441 g/mol. The number of furan rings is 1. The molecule has 2 amide bonds. The first-order valence-corrected chi connectivity index (χ1v) is 9.85. The molecule has 1 aliphatic rings. The van der Waals surface area contributed by atoms with Crippen molar-refractivity contribution < 1.29 is 31.6 Å². The number of amides is 2. The van der Waals surface area contributed by atoms with Crippen molar-refractivity contribution in [2.45, 2.75) is 19.1 Å². The van der Waals surface area contributed by atoms with Crippen molar-refractivity contribution in [3.8, 4) is 0 Å². The summed E-state index contributed by atoms with van der Waals surface area (Å²) >= 11 is 0. The van der Waals surface area contributed by atoms with Crippen LogP contribution in [-0.4, -0.2) is 72.0 Å². The molecule has 31 heavy (non-hydrogen) atoms. The van der Waals surface area contributed by atoms with E-state index in [0.717, 1.165) is 11.0 Å². The lowest BCUT2D eigenvalue weighted by Crippen LogP contribution is -2.45. The number of carbonyl (C=O) groups excluding carboxylic acids is 2. The maximum absolute atomic E-state index is 13.4. The molecule has 1 saturated heterocycles. The standard InChI is InChI=1S/C21H23F4N3O3/c22-17-5-1-4-16(12-17)20(30)27-8-3-7-26(9-10-27)14-19(29)28(15-21(23,24)25)13-18-6-2-11-31-18/h1-2,4-6,11-12H,3,7-10,13-15H2. The predicted octanol–water partition coefficient (Wildman–Crippen LogP) is 3.16. The van der Waals surface area contributed by atoms with Crippen LogP contribution in [0.3, 0.4) is 0 Å². The number of halogens is 4. The fourth-order valence-electron chi connectivity index (χ4n) is 3.47. The maximum Gasteiger partial charge on any atom is 0.406 e. The van der Waals surface area contributed by atoms with Gasteiger partial charge in [0.25, 0.3) is 5.91 Å². The quantitative estimate of drug-likeness (QED) is 0.647. The van der Waals surface area contributed by atoms with Gasteiger partial charge in [-0.2, -0.15) is 13.2 Å². The topological polar surface area (TPSA) is 57.0 Å². The molecule has 0 spiro atoms. The van der Waals surface area contributed by atoms with Crippen LogP contribution in [0.1, 0.15) is 22.5 Å². The van der Waals surface area contributed by atoms with Gasteiger partial charge in [0.05, 0.1) is 19.4 Å². The monoisotopic (exact) mass is 441 g/mol. The van der Waals surface area contributed by atoms with Gasteiger partial charge in [0.2, 0.25) is 5.91 Å². The molecule has 1 aromatic carbocycles. The van der Waals surface area contributed by atoms with Gasteiger partial charge in [-0.25, -0.2) is 4.39 Å². The van der Waals surface area contributed by atoms with E-state index < -0.39 is 24.4 Å². The van der Waals surface area contributed by atoms with E-state index in [1.54, 1.807) is 15.9 Å². The van der Waals surface area contributed by atoms with Crippen LogP contribution in [0, 0.1) is 5.82 Å². The van der Waals surface area contributed by atoms with Crippen LogP contribution in [0.2, 0.25) is 0 Å². The number of alkyl halides is 3. The lowest BCUT2D eigenvalue weighted by molar-refractivity contribution is -0.163. The first kappa shape index (κ1) is 22.8. The van der Waals surface area contributed by atoms with E-state index in [1.807, 2.05) is 0 Å². The summed E-state index contributed by atoms with van der Waals surface area (Å²) < 4.78 is 57.4. The Morgan fingerprint density at radius 2 is 1.87 bits per heavy atom. The zero-order valence-electron chi connectivity index (χ0n) is 16.8. The van der Waals surface area contributed by atoms with Gasteiger partial charge >= 0.3 is 6.18 Å². The number of benzene rings is 1. The largest absolute Gasteiger partial charge is 0.467 e. The lowest BCUT2D eigenvalue weighted by Gasteiger charge is -2.27. The Morgan fingerprint density at radius 1 is 1.06 bits per heavy atom. The zero-order chi connectivity index (χ0) is 22.4. The molecule has 168 valence electrons. The van der Waals surface area contributed by atoms with Crippen LogP contribution in [0.5, 0.6) is 0 Å². The maximum atomic E-state index is 13.4. The molecule has 10 heteroatoms. The minimum atomic E-state index is -4.53. The molecule has 0 atom stereocenters. The summed E-state index contributed by atoms with van der Waals surface area (Å²) in [6, 6.07) is 8.46. The summed E-state index contributed by atoms with van der Waals surface area (Å²) in [5, 5.41) is 0. The Bertz CT molecular complexity index is 886. The third-order valence-corrected chi connectivity index (χ3v) is 4.96. The van der Waals surface area contributed by atoms with Gasteiger partial charge in [-0.15, -0.1) is 0 Å². The zero-order valence-corrected chi connectivity index (χ0v) is 16.8. The van der Waals surface area contributed by atoms with Crippen LogP contribution in [-0.2, 0) is 11.3 Å². The van der Waals surface area contributed by atoms with Crippen LogP contribution in [0.15, 0.2) is 47.1 Å². The second-order valence-electron chi connectivity index (χ2n) is 7.38. The number of hydrogen-bond acceptors (Lipinski definition) is 4. The molecule has 0 unspecified atom stereocenters. The molecular formula is C21H23F4N3O3. The summed E-state index contributed by atoms with van der Waals surface area (Å²) in [6.07, 6.45) is -2.65. The average Bonchev–Trinajstić information content (AvgIpc) is 3.10. The molecule has 3 rings (SSSR count). The summed E-state index contributed by atoms with van der Waals surface area (Å²) in [4.78, 5) is 29.2. The van der Waals surface area contributed by atoms with Gasteiger partial charge in [0, 0.05) is 31.7 Å².